The Morgan fingerprint density at radius 2 is 1.89 bits per heavy atom. The summed E-state index contributed by atoms with van der Waals surface area (Å²) >= 11 is 0. The second-order valence-electron chi connectivity index (χ2n) is 7.82. The summed E-state index contributed by atoms with van der Waals surface area (Å²) < 4.78 is 10.5. The standard InChI is InChI=1S/C20H31N3O4/c1-20(2,3)22-19(25)23-12-15(14-8-6-7-9-17(14)27-5)16(13-23)18(24)21-10-11-26-4/h6-9,15-16H,10-13H2,1-5H3,(H,21,24)(H,22,25). The Hall–Kier alpha value is -2.28. The van der Waals surface area contributed by atoms with Gasteiger partial charge in [0.2, 0.25) is 5.91 Å². The minimum absolute atomic E-state index is 0.0750. The van der Waals surface area contributed by atoms with Crippen molar-refractivity contribution in [1.29, 1.82) is 0 Å². The minimum Gasteiger partial charge on any atom is -0.496 e. The number of nitrogens with zero attached hydrogens (tertiary/aromatic N) is 1. The van der Waals surface area contributed by atoms with E-state index >= 15 is 0 Å². The molecule has 150 valence electrons. The molecular formula is C20H31N3O4. The Morgan fingerprint density at radius 3 is 2.52 bits per heavy atom. The highest BCUT2D eigenvalue weighted by atomic mass is 16.5. The fraction of sp³-hybridized carbons (Fsp3) is 0.600. The lowest BCUT2D eigenvalue weighted by Crippen LogP contribution is -2.48. The van der Waals surface area contributed by atoms with Gasteiger partial charge in [0.1, 0.15) is 5.75 Å². The fourth-order valence-corrected chi connectivity index (χ4v) is 3.33. The van der Waals surface area contributed by atoms with Crippen molar-refractivity contribution >= 4 is 11.9 Å². The molecule has 0 aromatic heterocycles. The van der Waals surface area contributed by atoms with E-state index in [0.29, 0.717) is 26.2 Å². The zero-order valence-electron chi connectivity index (χ0n) is 16.9. The van der Waals surface area contributed by atoms with Crippen molar-refractivity contribution in [2.75, 3.05) is 40.5 Å². The quantitative estimate of drug-likeness (QED) is 0.743. The van der Waals surface area contributed by atoms with Crippen molar-refractivity contribution in [3.05, 3.63) is 29.8 Å². The third kappa shape index (κ3) is 5.60. The van der Waals surface area contributed by atoms with Gasteiger partial charge in [0, 0.05) is 38.2 Å². The number of carbonyl (C=O) groups is 2. The average Bonchev–Trinajstić information content (AvgIpc) is 3.06. The summed E-state index contributed by atoms with van der Waals surface area (Å²) in [5, 5.41) is 5.88. The van der Waals surface area contributed by atoms with Crippen LogP contribution in [0.15, 0.2) is 24.3 Å². The summed E-state index contributed by atoms with van der Waals surface area (Å²) in [5.74, 6) is 0.183. The molecule has 0 bridgehead atoms. The number of hydrogen-bond donors (Lipinski definition) is 2. The van der Waals surface area contributed by atoms with E-state index in [0.717, 1.165) is 11.3 Å². The third-order valence-electron chi connectivity index (χ3n) is 4.57. The van der Waals surface area contributed by atoms with Gasteiger partial charge in [-0.05, 0) is 32.4 Å². The first kappa shape index (κ1) is 21.0. The molecule has 27 heavy (non-hydrogen) atoms. The van der Waals surface area contributed by atoms with Gasteiger partial charge in [0.05, 0.1) is 19.6 Å². The number of ether oxygens (including phenoxy) is 2. The lowest BCUT2D eigenvalue weighted by atomic mass is 9.87. The molecule has 1 aliphatic rings. The van der Waals surface area contributed by atoms with E-state index in [2.05, 4.69) is 10.6 Å². The zero-order chi connectivity index (χ0) is 20.0. The molecule has 7 heteroatoms. The van der Waals surface area contributed by atoms with Gasteiger partial charge in [-0.3, -0.25) is 4.79 Å². The van der Waals surface area contributed by atoms with Crippen molar-refractivity contribution in [3.8, 4) is 5.75 Å². The van der Waals surface area contributed by atoms with Crippen LogP contribution in [0.3, 0.4) is 0 Å². The van der Waals surface area contributed by atoms with E-state index in [9.17, 15) is 9.59 Å². The number of methoxy groups -OCH3 is 2. The number of para-hydroxylation sites is 1. The Bertz CT molecular complexity index is 657. The van der Waals surface area contributed by atoms with Crippen LogP contribution in [0, 0.1) is 5.92 Å². The Labute approximate surface area is 161 Å². The van der Waals surface area contributed by atoms with Crippen LogP contribution in [-0.4, -0.2) is 62.8 Å². The summed E-state index contributed by atoms with van der Waals surface area (Å²) in [6.07, 6.45) is 0. The highest BCUT2D eigenvalue weighted by Crippen LogP contribution is 2.37. The third-order valence-corrected chi connectivity index (χ3v) is 4.57. The molecule has 1 aromatic carbocycles. The molecule has 1 aliphatic heterocycles. The van der Waals surface area contributed by atoms with E-state index in [1.807, 2.05) is 45.0 Å². The second kappa shape index (κ2) is 9.08. The van der Waals surface area contributed by atoms with Crippen LogP contribution in [0.5, 0.6) is 5.75 Å². The molecule has 2 N–H and O–H groups in total. The highest BCUT2D eigenvalue weighted by Gasteiger charge is 2.41. The molecule has 0 saturated carbocycles. The molecule has 1 heterocycles. The van der Waals surface area contributed by atoms with E-state index < -0.39 is 0 Å². The molecule has 2 atom stereocenters. The first-order chi connectivity index (χ1) is 12.8. The maximum atomic E-state index is 12.8. The smallest absolute Gasteiger partial charge is 0.317 e. The highest BCUT2D eigenvalue weighted by molar-refractivity contribution is 5.83. The lowest BCUT2D eigenvalue weighted by molar-refractivity contribution is -0.125. The first-order valence-corrected chi connectivity index (χ1v) is 9.23. The number of hydrogen-bond acceptors (Lipinski definition) is 4. The van der Waals surface area contributed by atoms with Crippen molar-refractivity contribution in [2.24, 2.45) is 5.92 Å². The number of likely N-dealkylation sites (tertiary alicyclic amines) is 1. The van der Waals surface area contributed by atoms with E-state index in [4.69, 9.17) is 9.47 Å². The SMILES string of the molecule is COCCNC(=O)C1CN(C(=O)NC(C)(C)C)CC1c1ccccc1OC. The van der Waals surface area contributed by atoms with E-state index in [1.165, 1.54) is 0 Å². The number of rotatable bonds is 6. The number of carbonyl (C=O) groups excluding carboxylic acids is 2. The van der Waals surface area contributed by atoms with Crippen LogP contribution in [0.2, 0.25) is 0 Å². The van der Waals surface area contributed by atoms with Crippen LogP contribution >= 0.6 is 0 Å². The first-order valence-electron chi connectivity index (χ1n) is 9.23. The maximum absolute atomic E-state index is 12.8. The number of amides is 3. The van der Waals surface area contributed by atoms with Gasteiger partial charge in [-0.2, -0.15) is 0 Å². The molecule has 3 amide bonds. The van der Waals surface area contributed by atoms with Crippen LogP contribution in [0.4, 0.5) is 4.79 Å². The largest absolute Gasteiger partial charge is 0.496 e. The summed E-state index contributed by atoms with van der Waals surface area (Å²) in [6.45, 7) is 7.54. The van der Waals surface area contributed by atoms with Gasteiger partial charge in [-0.25, -0.2) is 4.79 Å². The Morgan fingerprint density at radius 1 is 1.19 bits per heavy atom. The second-order valence-corrected chi connectivity index (χ2v) is 7.82. The van der Waals surface area contributed by atoms with Crippen LogP contribution in [0.25, 0.3) is 0 Å². The number of urea groups is 1. The monoisotopic (exact) mass is 377 g/mol. The van der Waals surface area contributed by atoms with Crippen molar-refractivity contribution in [2.45, 2.75) is 32.2 Å². The molecule has 1 aromatic rings. The molecule has 1 saturated heterocycles. The normalized spacial score (nSPS) is 19.7. The van der Waals surface area contributed by atoms with Gasteiger partial charge in [0.15, 0.2) is 0 Å². The zero-order valence-corrected chi connectivity index (χ0v) is 16.9. The van der Waals surface area contributed by atoms with Crippen LogP contribution in [-0.2, 0) is 9.53 Å². The molecule has 0 aliphatic carbocycles. The minimum atomic E-state index is -0.344. The maximum Gasteiger partial charge on any atom is 0.317 e. The van der Waals surface area contributed by atoms with Crippen molar-refractivity contribution in [3.63, 3.8) is 0 Å². The molecule has 2 unspecified atom stereocenters. The summed E-state index contributed by atoms with van der Waals surface area (Å²) in [7, 11) is 3.21. The molecule has 1 fully saturated rings. The van der Waals surface area contributed by atoms with Crippen molar-refractivity contribution < 1.29 is 19.1 Å². The topological polar surface area (TPSA) is 79.9 Å². The summed E-state index contributed by atoms with van der Waals surface area (Å²) in [5.41, 5.74) is 0.605. The predicted octanol–water partition coefficient (Wildman–Crippen LogP) is 1.98. The van der Waals surface area contributed by atoms with Gasteiger partial charge < -0.3 is 25.0 Å². The van der Waals surface area contributed by atoms with Gasteiger partial charge in [-0.1, -0.05) is 18.2 Å². The van der Waals surface area contributed by atoms with Gasteiger partial charge in [-0.15, -0.1) is 0 Å². The number of benzene rings is 1. The van der Waals surface area contributed by atoms with E-state index in [1.54, 1.807) is 19.1 Å². The predicted molar refractivity (Wildman–Crippen MR) is 104 cm³/mol. The molecule has 0 spiro atoms. The average molecular weight is 377 g/mol. The Kier molecular flexibility index (Phi) is 7.07. The van der Waals surface area contributed by atoms with Crippen LogP contribution in [0.1, 0.15) is 32.3 Å². The van der Waals surface area contributed by atoms with Crippen LogP contribution < -0.4 is 15.4 Å². The number of nitrogens with one attached hydrogen (secondary N) is 2. The molecule has 0 radical (unpaired) electrons. The summed E-state index contributed by atoms with van der Waals surface area (Å²) in [6, 6.07) is 7.51. The molecule has 2 rings (SSSR count). The molecule has 7 nitrogen and oxygen atoms in total. The van der Waals surface area contributed by atoms with Gasteiger partial charge >= 0.3 is 6.03 Å². The van der Waals surface area contributed by atoms with E-state index in [-0.39, 0.29) is 29.3 Å². The van der Waals surface area contributed by atoms with Gasteiger partial charge in [0.25, 0.3) is 0 Å². The summed E-state index contributed by atoms with van der Waals surface area (Å²) in [4.78, 5) is 27.2. The Balaban J connectivity index is 2.23. The fourth-order valence-electron chi connectivity index (χ4n) is 3.33. The van der Waals surface area contributed by atoms with Crippen molar-refractivity contribution in [1.82, 2.24) is 15.5 Å². The lowest BCUT2D eigenvalue weighted by Gasteiger charge is -2.25. The molecular weight excluding hydrogens is 346 g/mol.